The average Bonchev–Trinajstić information content (AvgIpc) is 2.47. The van der Waals surface area contributed by atoms with E-state index in [0.717, 1.165) is 4.90 Å². The average molecular weight is 270 g/mol. The summed E-state index contributed by atoms with van der Waals surface area (Å²) in [6.45, 7) is 0. The molecule has 0 saturated carbocycles. The first kappa shape index (κ1) is 13.4. The van der Waals surface area contributed by atoms with Crippen LogP contribution in [0.5, 0.6) is 0 Å². The van der Waals surface area contributed by atoms with Gasteiger partial charge < -0.3 is 9.90 Å². The van der Waals surface area contributed by atoms with E-state index in [-0.39, 0.29) is 0 Å². The Morgan fingerprint density at radius 1 is 1.00 bits per heavy atom. The second kappa shape index (κ2) is 6.24. The van der Waals surface area contributed by atoms with Crippen molar-refractivity contribution in [2.24, 2.45) is 0 Å². The molecule has 0 aromatic heterocycles. The zero-order valence-electron chi connectivity index (χ0n) is 10.4. The number of hydrazine groups is 1. The highest BCUT2D eigenvalue weighted by Crippen LogP contribution is 2.25. The normalized spacial score (nSPS) is 9.60. The zero-order chi connectivity index (χ0) is 14.4. The Morgan fingerprint density at radius 3 is 2.15 bits per heavy atom. The number of hydrogen-bond donors (Lipinski definition) is 2. The summed E-state index contributed by atoms with van der Waals surface area (Å²) < 4.78 is 0. The summed E-state index contributed by atoms with van der Waals surface area (Å²) in [5, 5.41) is 11.3. The first-order valence-corrected chi connectivity index (χ1v) is 5.84. The van der Waals surface area contributed by atoms with E-state index in [1.165, 1.54) is 0 Å². The molecule has 0 aliphatic rings. The molecule has 20 heavy (non-hydrogen) atoms. The van der Waals surface area contributed by atoms with Gasteiger partial charge in [-0.05, 0) is 36.4 Å². The molecule has 2 amide bonds. The lowest BCUT2D eigenvalue weighted by Crippen LogP contribution is -2.37. The molecule has 6 heteroatoms. The molecule has 0 aliphatic carbocycles. The summed E-state index contributed by atoms with van der Waals surface area (Å²) in [5.74, 6) is 0. The minimum Gasteiger partial charge on any atom is -0.529 e. The summed E-state index contributed by atoms with van der Waals surface area (Å²) in [6, 6.07) is 15.1. The van der Waals surface area contributed by atoms with Crippen molar-refractivity contribution in [2.75, 3.05) is 10.3 Å². The van der Waals surface area contributed by atoms with Crippen LogP contribution in [0.25, 0.3) is 0 Å². The number of nitrogens with zero attached hydrogens (tertiary/aromatic N) is 1. The van der Waals surface area contributed by atoms with Crippen LogP contribution in [0.4, 0.5) is 21.9 Å². The second-order valence-corrected chi connectivity index (χ2v) is 3.87. The highest BCUT2D eigenvalue weighted by Gasteiger charge is 2.09. The van der Waals surface area contributed by atoms with Crippen molar-refractivity contribution in [1.29, 1.82) is 0 Å². The largest absolute Gasteiger partial charge is 0.529 e. The van der Waals surface area contributed by atoms with Crippen molar-refractivity contribution in [3.63, 3.8) is 0 Å². The minimum atomic E-state index is -1.32. The Labute approximate surface area is 115 Å². The lowest BCUT2D eigenvalue weighted by molar-refractivity contribution is -0.245. The fourth-order valence-corrected chi connectivity index (χ4v) is 1.74. The number of para-hydroxylation sites is 1. The van der Waals surface area contributed by atoms with Crippen molar-refractivity contribution in [3.05, 3.63) is 54.6 Å². The van der Waals surface area contributed by atoms with Crippen molar-refractivity contribution < 1.29 is 14.7 Å². The molecule has 0 saturated heterocycles. The number of benzene rings is 2. The molecule has 2 aromatic rings. The predicted octanol–water partition coefficient (Wildman–Crippen LogP) is 1.24. The molecule has 0 heterocycles. The van der Waals surface area contributed by atoms with Crippen LogP contribution >= 0.6 is 0 Å². The number of nitrogens with one attached hydrogen (secondary N) is 2. The Balaban J connectivity index is 2.26. The third kappa shape index (κ3) is 3.05. The summed E-state index contributed by atoms with van der Waals surface area (Å²) in [4.78, 5) is 22.5. The predicted molar refractivity (Wildman–Crippen MR) is 73.2 cm³/mol. The van der Waals surface area contributed by atoms with Crippen molar-refractivity contribution in [2.45, 2.75) is 0 Å². The third-order valence-electron chi connectivity index (χ3n) is 2.60. The van der Waals surface area contributed by atoms with Crippen molar-refractivity contribution in [1.82, 2.24) is 5.43 Å². The van der Waals surface area contributed by atoms with E-state index in [2.05, 4.69) is 10.9 Å². The number of anilines is 3. The highest BCUT2D eigenvalue weighted by atomic mass is 16.4. The number of rotatable bonds is 5. The fourth-order valence-electron chi connectivity index (χ4n) is 1.74. The minimum absolute atomic E-state index is 0.452. The van der Waals surface area contributed by atoms with E-state index < -0.39 is 6.09 Å². The van der Waals surface area contributed by atoms with Gasteiger partial charge in [-0.1, -0.05) is 18.2 Å². The molecule has 6 nitrogen and oxygen atoms in total. The zero-order valence-corrected chi connectivity index (χ0v) is 10.4. The van der Waals surface area contributed by atoms with Crippen LogP contribution in [-0.2, 0) is 4.79 Å². The summed E-state index contributed by atoms with van der Waals surface area (Å²) >= 11 is 0. The van der Waals surface area contributed by atoms with Gasteiger partial charge in [0.1, 0.15) is 6.09 Å². The molecular formula is C14H12N3O3-. The van der Waals surface area contributed by atoms with E-state index in [0.29, 0.717) is 23.5 Å². The summed E-state index contributed by atoms with van der Waals surface area (Å²) in [7, 11) is 0. The van der Waals surface area contributed by atoms with Gasteiger partial charge in [-0.3, -0.25) is 20.5 Å². The highest BCUT2D eigenvalue weighted by molar-refractivity contribution is 5.93. The lowest BCUT2D eigenvalue weighted by Gasteiger charge is -2.25. The Hall–Kier alpha value is -3.02. The number of carbonyl (C=O) groups is 2. The van der Waals surface area contributed by atoms with Crippen molar-refractivity contribution in [3.8, 4) is 0 Å². The molecule has 0 bridgehead atoms. The molecule has 0 atom stereocenters. The van der Waals surface area contributed by atoms with E-state index >= 15 is 0 Å². The van der Waals surface area contributed by atoms with Gasteiger partial charge in [-0.2, -0.15) is 0 Å². The smallest absolute Gasteiger partial charge is 0.225 e. The van der Waals surface area contributed by atoms with E-state index in [1.807, 2.05) is 0 Å². The van der Waals surface area contributed by atoms with Gasteiger partial charge in [0.05, 0.1) is 5.69 Å². The van der Waals surface area contributed by atoms with E-state index in [4.69, 9.17) is 0 Å². The first-order valence-electron chi connectivity index (χ1n) is 5.84. The van der Waals surface area contributed by atoms with Crippen LogP contribution in [0.15, 0.2) is 54.6 Å². The quantitative estimate of drug-likeness (QED) is 0.632. The topological polar surface area (TPSA) is 84.5 Å². The maximum Gasteiger partial charge on any atom is 0.225 e. The molecule has 2 aromatic carbocycles. The third-order valence-corrected chi connectivity index (χ3v) is 2.60. The SMILES string of the molecule is O=CNNc1ccc(N(C(=O)[O-])c2ccccc2)cc1. The number of carboxylic acid groups (broad SMARTS) is 1. The van der Waals surface area contributed by atoms with E-state index in [9.17, 15) is 14.7 Å². The van der Waals surface area contributed by atoms with Crippen molar-refractivity contribution >= 4 is 29.6 Å². The summed E-state index contributed by atoms with van der Waals surface area (Å²) in [5.41, 5.74) is 6.51. The molecule has 0 spiro atoms. The molecule has 0 aliphatic heterocycles. The van der Waals surface area contributed by atoms with Crippen LogP contribution in [0.3, 0.4) is 0 Å². The molecule has 0 radical (unpaired) electrons. The summed E-state index contributed by atoms with van der Waals surface area (Å²) in [6.07, 6.45) is -0.811. The molecule has 102 valence electrons. The van der Waals surface area contributed by atoms with Crippen LogP contribution in [-0.4, -0.2) is 12.5 Å². The lowest BCUT2D eigenvalue weighted by atomic mass is 10.2. The van der Waals surface area contributed by atoms with Gasteiger partial charge in [-0.15, -0.1) is 0 Å². The Morgan fingerprint density at radius 2 is 1.60 bits per heavy atom. The number of amides is 2. The second-order valence-electron chi connectivity index (χ2n) is 3.87. The van der Waals surface area contributed by atoms with Crippen LogP contribution < -0.4 is 20.9 Å². The Kier molecular flexibility index (Phi) is 4.18. The molecule has 2 rings (SSSR count). The maximum atomic E-state index is 11.3. The van der Waals surface area contributed by atoms with Crippen LogP contribution in [0, 0.1) is 0 Å². The monoisotopic (exact) mass is 270 g/mol. The van der Waals surface area contributed by atoms with E-state index in [1.54, 1.807) is 54.6 Å². The van der Waals surface area contributed by atoms with Crippen LogP contribution in [0.2, 0.25) is 0 Å². The molecule has 0 unspecified atom stereocenters. The van der Waals surface area contributed by atoms with Gasteiger partial charge in [0.25, 0.3) is 0 Å². The standard InChI is InChI=1S/C14H13N3O3/c18-10-15-16-11-6-8-13(9-7-11)17(14(19)20)12-4-2-1-3-5-12/h1-10,16H,(H,15,18)(H,19,20)/p-1. The Bertz CT molecular complexity index is 584. The van der Waals surface area contributed by atoms with Crippen LogP contribution in [0.1, 0.15) is 0 Å². The number of carbonyl (C=O) groups excluding carboxylic acids is 2. The maximum absolute atomic E-state index is 11.3. The molecule has 0 fully saturated rings. The first-order chi connectivity index (χ1) is 9.72. The van der Waals surface area contributed by atoms with Gasteiger partial charge in [0.15, 0.2) is 0 Å². The number of hydrogen-bond acceptors (Lipinski definition) is 4. The van der Waals surface area contributed by atoms with Gasteiger partial charge in [0.2, 0.25) is 6.41 Å². The molecular weight excluding hydrogens is 258 g/mol. The molecule has 2 N–H and O–H groups in total. The fraction of sp³-hybridized carbons (Fsp3) is 0. The van der Waals surface area contributed by atoms with Gasteiger partial charge >= 0.3 is 0 Å². The van der Waals surface area contributed by atoms with Gasteiger partial charge in [-0.25, -0.2) is 0 Å². The van der Waals surface area contributed by atoms with Gasteiger partial charge in [0, 0.05) is 11.4 Å².